The number of alkyl halides is 2. The molecule has 0 bridgehead atoms. The summed E-state index contributed by atoms with van der Waals surface area (Å²) in [5.41, 5.74) is 3.27. The molecule has 0 amide bonds. The van der Waals surface area contributed by atoms with Crippen molar-refractivity contribution in [3.05, 3.63) is 34.9 Å². The molecule has 25 heavy (non-hydrogen) atoms. The zero-order chi connectivity index (χ0) is 19.5. The quantitative estimate of drug-likeness (QED) is 0.228. The molecule has 4 nitrogen and oxygen atoms in total. The Kier molecular flexibility index (Phi) is 11.6. The molecule has 0 N–H and O–H groups in total. The number of halogens is 2. The van der Waals surface area contributed by atoms with Gasteiger partial charge in [-0.3, -0.25) is 4.79 Å². The first-order valence-corrected chi connectivity index (χ1v) is 9.22. The number of carbonyl (C=O) groups is 1. The van der Waals surface area contributed by atoms with Crippen molar-refractivity contribution in [3.63, 3.8) is 0 Å². The molecule has 1 atom stereocenters. The third-order valence-electron chi connectivity index (χ3n) is 3.27. The van der Waals surface area contributed by atoms with Crippen LogP contribution in [0.1, 0.15) is 59.8 Å². The molecule has 0 saturated heterocycles. The molecule has 0 aromatic heterocycles. The fourth-order valence-corrected chi connectivity index (χ4v) is 2.37. The second-order valence-corrected chi connectivity index (χ2v) is 7.17. The summed E-state index contributed by atoms with van der Waals surface area (Å²) >= 11 is 0. The molecule has 0 fully saturated rings. The van der Waals surface area contributed by atoms with Crippen LogP contribution in [0.2, 0.25) is 0 Å². The molecule has 0 aliphatic rings. The minimum absolute atomic E-state index is 0.616. The van der Waals surface area contributed by atoms with E-state index in [4.69, 9.17) is 0 Å². The van der Waals surface area contributed by atoms with Crippen LogP contribution in [-0.2, 0) is 18.4 Å². The second-order valence-electron chi connectivity index (χ2n) is 6.18. The molecule has 0 aromatic rings. The van der Waals surface area contributed by atoms with Crippen LogP contribution in [0, 0.1) is 0 Å². The van der Waals surface area contributed by atoms with Crippen molar-refractivity contribution in [2.24, 2.45) is 0 Å². The third kappa shape index (κ3) is 13.7. The van der Waals surface area contributed by atoms with Gasteiger partial charge in [-0.25, -0.2) is 0 Å². The fourth-order valence-electron chi connectivity index (χ4n) is 2.02. The van der Waals surface area contributed by atoms with E-state index in [1.165, 1.54) is 17.2 Å². The van der Waals surface area contributed by atoms with E-state index in [1.807, 2.05) is 0 Å². The van der Waals surface area contributed by atoms with Crippen LogP contribution in [0.3, 0.4) is 0 Å². The molecule has 0 heterocycles. The Balaban J connectivity index is 4.36. The highest BCUT2D eigenvalue weighted by Crippen LogP contribution is 2.35. The van der Waals surface area contributed by atoms with Gasteiger partial charge in [0.05, 0.1) is 7.11 Å². The van der Waals surface area contributed by atoms with Crippen molar-refractivity contribution in [1.29, 1.82) is 0 Å². The predicted octanol–water partition coefficient (Wildman–Crippen LogP) is 6.28. The maximum atomic E-state index is 13.3. The van der Waals surface area contributed by atoms with Crippen LogP contribution in [0.4, 0.5) is 8.78 Å². The lowest BCUT2D eigenvalue weighted by atomic mass is 10.1. The van der Waals surface area contributed by atoms with Crippen molar-refractivity contribution >= 4 is 14.0 Å². The first-order chi connectivity index (χ1) is 11.6. The number of ketones is 1. The van der Waals surface area contributed by atoms with Gasteiger partial charge in [0.2, 0.25) is 0 Å². The summed E-state index contributed by atoms with van der Waals surface area (Å²) in [6.45, 7) is 7.90. The van der Waals surface area contributed by atoms with E-state index in [2.05, 4.69) is 42.0 Å². The second kappa shape index (κ2) is 12.2. The third-order valence-corrected chi connectivity index (χ3v) is 3.98. The first-order valence-electron chi connectivity index (χ1n) is 8.13. The molecule has 7 heteroatoms. The van der Waals surface area contributed by atoms with Crippen molar-refractivity contribution in [3.8, 4) is 0 Å². The maximum absolute atomic E-state index is 13.3. The van der Waals surface area contributed by atoms with Crippen LogP contribution in [0.25, 0.3) is 0 Å². The van der Waals surface area contributed by atoms with Crippen molar-refractivity contribution in [1.82, 2.24) is 0 Å². The van der Waals surface area contributed by atoms with Gasteiger partial charge < -0.3 is 0 Å². The van der Waals surface area contributed by atoms with Gasteiger partial charge in [-0.1, -0.05) is 28.9 Å². The summed E-state index contributed by atoms with van der Waals surface area (Å²) < 4.78 is 45.6. The van der Waals surface area contributed by atoms with Crippen LogP contribution >= 0.6 is 8.25 Å². The number of carbonyl (C=O) groups excluding carboxylic acids is 1. The molecule has 0 aliphatic heterocycles. The van der Waals surface area contributed by atoms with Crippen LogP contribution in [0.5, 0.6) is 0 Å². The topological polar surface area (TPSA) is 52.6 Å². The van der Waals surface area contributed by atoms with Crippen LogP contribution in [-0.4, -0.2) is 19.0 Å². The summed E-state index contributed by atoms with van der Waals surface area (Å²) in [7, 11) is -1.95. The lowest BCUT2D eigenvalue weighted by Crippen LogP contribution is -2.21. The standard InChI is InChI=1S/C18H28F2O4P/c1-14(2)8-6-9-15(3)10-7-11-16(4)12-17(21)13-18(19,20)24-25(22)23-5/h8,10,12H,6-7,9,11,13H2,1-5H3/q+1. The Morgan fingerprint density at radius 2 is 1.60 bits per heavy atom. The number of allylic oxidation sites excluding steroid dienone is 6. The molecule has 0 aromatic carbocycles. The minimum Gasteiger partial charge on any atom is -0.295 e. The summed E-state index contributed by atoms with van der Waals surface area (Å²) in [6.07, 6.45) is 3.84. The Labute approximate surface area is 149 Å². The zero-order valence-electron chi connectivity index (χ0n) is 15.6. The number of hydrogen-bond acceptors (Lipinski definition) is 4. The van der Waals surface area contributed by atoms with Gasteiger partial charge in [0.25, 0.3) is 0 Å². The predicted molar refractivity (Wildman–Crippen MR) is 95.7 cm³/mol. The maximum Gasteiger partial charge on any atom is 0.703 e. The molecule has 142 valence electrons. The van der Waals surface area contributed by atoms with Gasteiger partial charge in [-0.15, -0.1) is 4.52 Å². The Morgan fingerprint density at radius 3 is 2.16 bits per heavy atom. The monoisotopic (exact) mass is 377 g/mol. The van der Waals surface area contributed by atoms with Crippen LogP contribution < -0.4 is 0 Å². The van der Waals surface area contributed by atoms with Crippen molar-refractivity contribution in [2.45, 2.75) is 65.9 Å². The molecule has 0 spiro atoms. The summed E-state index contributed by atoms with van der Waals surface area (Å²) in [5, 5.41) is 0. The van der Waals surface area contributed by atoms with E-state index >= 15 is 0 Å². The van der Waals surface area contributed by atoms with Gasteiger partial charge in [-0.05, 0) is 64.0 Å². The van der Waals surface area contributed by atoms with E-state index in [0.29, 0.717) is 12.0 Å². The van der Waals surface area contributed by atoms with E-state index in [0.717, 1.165) is 26.4 Å². The molecule has 0 radical (unpaired) electrons. The van der Waals surface area contributed by atoms with Gasteiger partial charge >= 0.3 is 14.4 Å². The highest BCUT2D eigenvalue weighted by Gasteiger charge is 2.43. The molecule has 0 aliphatic carbocycles. The average molecular weight is 377 g/mol. The largest absolute Gasteiger partial charge is 0.703 e. The van der Waals surface area contributed by atoms with Crippen molar-refractivity contribution in [2.75, 3.05) is 7.11 Å². The van der Waals surface area contributed by atoms with Crippen LogP contribution in [0.15, 0.2) is 34.9 Å². The number of rotatable bonds is 12. The SMILES string of the molecule is CO[P+](=O)OC(F)(F)CC(=O)C=C(C)CCC=C(C)CCC=C(C)C. The summed E-state index contributed by atoms with van der Waals surface area (Å²) in [4.78, 5) is 11.6. The van der Waals surface area contributed by atoms with Gasteiger partial charge in [0.1, 0.15) is 6.42 Å². The Morgan fingerprint density at radius 1 is 1.04 bits per heavy atom. The van der Waals surface area contributed by atoms with E-state index < -0.39 is 26.6 Å². The zero-order valence-corrected chi connectivity index (χ0v) is 16.5. The van der Waals surface area contributed by atoms with E-state index in [9.17, 15) is 18.1 Å². The van der Waals surface area contributed by atoms with Gasteiger partial charge in [0, 0.05) is 4.57 Å². The molecule has 0 saturated carbocycles. The lowest BCUT2D eigenvalue weighted by molar-refractivity contribution is -0.182. The molecular weight excluding hydrogens is 349 g/mol. The molecule has 1 unspecified atom stereocenters. The minimum atomic E-state index is -3.81. The highest BCUT2D eigenvalue weighted by atomic mass is 31.1. The summed E-state index contributed by atoms with van der Waals surface area (Å²) in [6, 6.07) is 0. The van der Waals surface area contributed by atoms with Gasteiger partial charge in [-0.2, -0.15) is 8.78 Å². The number of hydrogen-bond donors (Lipinski definition) is 0. The van der Waals surface area contributed by atoms with Gasteiger partial charge in [0.15, 0.2) is 5.78 Å². The first kappa shape index (κ1) is 23.8. The average Bonchev–Trinajstić information content (AvgIpc) is 2.45. The fraction of sp³-hybridized carbons (Fsp3) is 0.611. The normalized spacial score (nSPS) is 13.6. The van der Waals surface area contributed by atoms with E-state index in [-0.39, 0.29) is 0 Å². The van der Waals surface area contributed by atoms with E-state index in [1.54, 1.807) is 6.92 Å². The smallest absolute Gasteiger partial charge is 0.295 e. The lowest BCUT2D eigenvalue weighted by Gasteiger charge is -2.06. The summed E-state index contributed by atoms with van der Waals surface area (Å²) in [5.74, 6) is -0.772. The highest BCUT2D eigenvalue weighted by molar-refractivity contribution is 7.33. The Bertz CT molecular complexity index is 547. The Hall–Kier alpha value is -1.23. The molecular formula is C18H28F2O4P+. The molecule has 0 rings (SSSR count). The van der Waals surface area contributed by atoms with Crippen molar-refractivity contribution < 1.29 is 27.2 Å².